The van der Waals surface area contributed by atoms with E-state index in [9.17, 15) is 0 Å². The van der Waals surface area contributed by atoms with Crippen molar-refractivity contribution in [3.05, 3.63) is 29.3 Å². The van der Waals surface area contributed by atoms with E-state index >= 15 is 0 Å². The highest BCUT2D eigenvalue weighted by Gasteiger charge is 2.08. The average Bonchev–Trinajstić information content (AvgIpc) is 2.33. The third-order valence-corrected chi connectivity index (χ3v) is 3.27. The van der Waals surface area contributed by atoms with Crippen molar-refractivity contribution in [2.45, 2.75) is 40.5 Å². The fraction of sp³-hybridized carbons (Fsp3) is 0.533. The first-order valence-corrected chi connectivity index (χ1v) is 7.12. The Morgan fingerprint density at radius 3 is 2.33 bits per heavy atom. The van der Waals surface area contributed by atoms with Crippen LogP contribution in [-0.2, 0) is 0 Å². The largest absolute Gasteiger partial charge is 0.349 e. The van der Waals surface area contributed by atoms with E-state index in [4.69, 9.17) is 12.2 Å². The van der Waals surface area contributed by atoms with Crippen LogP contribution in [0.15, 0.2) is 18.2 Å². The molecular formula is C15H24N2S. The Balaban J connectivity index is 2.75. The zero-order chi connectivity index (χ0) is 13.5. The summed E-state index contributed by atoms with van der Waals surface area (Å²) >= 11 is 5.51. The summed E-state index contributed by atoms with van der Waals surface area (Å²) in [6.07, 6.45) is 2.24. The molecule has 0 aliphatic carbocycles. The molecular weight excluding hydrogens is 240 g/mol. The monoisotopic (exact) mass is 264 g/mol. The van der Waals surface area contributed by atoms with Gasteiger partial charge in [-0.05, 0) is 56.1 Å². The number of benzene rings is 1. The maximum absolute atomic E-state index is 5.51. The predicted octanol–water partition coefficient (Wildman–Crippen LogP) is 4.12. The van der Waals surface area contributed by atoms with Gasteiger partial charge >= 0.3 is 0 Å². The van der Waals surface area contributed by atoms with E-state index < -0.39 is 0 Å². The lowest BCUT2D eigenvalue weighted by molar-refractivity contribution is 0.423. The van der Waals surface area contributed by atoms with Crippen LogP contribution in [0.25, 0.3) is 0 Å². The molecule has 1 rings (SSSR count). The van der Waals surface area contributed by atoms with Crippen molar-refractivity contribution >= 4 is 23.0 Å². The van der Waals surface area contributed by atoms with Crippen molar-refractivity contribution in [1.29, 1.82) is 0 Å². The summed E-state index contributed by atoms with van der Waals surface area (Å²) in [5.41, 5.74) is 3.61. The Bertz CT molecular complexity index is 395. The van der Waals surface area contributed by atoms with E-state index in [0.717, 1.165) is 36.7 Å². The molecule has 0 atom stereocenters. The maximum atomic E-state index is 5.51. The van der Waals surface area contributed by atoms with Crippen molar-refractivity contribution in [2.75, 3.05) is 18.4 Å². The smallest absolute Gasteiger partial charge is 0.173 e. The van der Waals surface area contributed by atoms with Gasteiger partial charge in [0.1, 0.15) is 0 Å². The minimum atomic E-state index is 0.840. The van der Waals surface area contributed by atoms with Gasteiger partial charge in [-0.1, -0.05) is 26.0 Å². The second kappa shape index (κ2) is 7.37. The van der Waals surface area contributed by atoms with Crippen LogP contribution >= 0.6 is 12.2 Å². The summed E-state index contributed by atoms with van der Waals surface area (Å²) in [4.78, 5) is 2.25. The average molecular weight is 264 g/mol. The second-order valence-corrected chi connectivity index (χ2v) is 5.12. The lowest BCUT2D eigenvalue weighted by Gasteiger charge is -2.25. The van der Waals surface area contributed by atoms with Crippen molar-refractivity contribution in [3.8, 4) is 0 Å². The molecule has 0 heterocycles. The molecule has 0 saturated carbocycles. The van der Waals surface area contributed by atoms with Gasteiger partial charge in [0.2, 0.25) is 0 Å². The Kier molecular flexibility index (Phi) is 6.13. The molecule has 0 spiro atoms. The summed E-state index contributed by atoms with van der Waals surface area (Å²) in [7, 11) is 0. The first-order valence-electron chi connectivity index (χ1n) is 6.71. The summed E-state index contributed by atoms with van der Waals surface area (Å²) in [6, 6.07) is 6.40. The van der Waals surface area contributed by atoms with Gasteiger partial charge in [-0.3, -0.25) is 0 Å². The van der Waals surface area contributed by atoms with Crippen molar-refractivity contribution < 1.29 is 0 Å². The van der Waals surface area contributed by atoms with Crippen molar-refractivity contribution in [1.82, 2.24) is 4.90 Å². The Morgan fingerprint density at radius 1 is 1.17 bits per heavy atom. The number of thiocarbonyl (C=S) groups is 1. The molecule has 0 aliphatic heterocycles. The van der Waals surface area contributed by atoms with E-state index in [-0.39, 0.29) is 0 Å². The van der Waals surface area contributed by atoms with E-state index in [1.165, 1.54) is 11.1 Å². The molecule has 0 amide bonds. The van der Waals surface area contributed by atoms with Gasteiger partial charge in [0, 0.05) is 18.8 Å². The van der Waals surface area contributed by atoms with Gasteiger partial charge in [0.25, 0.3) is 0 Å². The van der Waals surface area contributed by atoms with Crippen LogP contribution < -0.4 is 5.32 Å². The van der Waals surface area contributed by atoms with E-state index in [1.54, 1.807) is 0 Å². The molecule has 0 bridgehead atoms. The fourth-order valence-corrected chi connectivity index (χ4v) is 2.21. The van der Waals surface area contributed by atoms with Gasteiger partial charge in [-0.2, -0.15) is 0 Å². The molecule has 0 fully saturated rings. The first kappa shape index (κ1) is 15.0. The maximum Gasteiger partial charge on any atom is 0.173 e. The van der Waals surface area contributed by atoms with E-state index in [1.807, 2.05) is 0 Å². The molecule has 1 aromatic carbocycles. The van der Waals surface area contributed by atoms with E-state index in [2.05, 4.69) is 56.1 Å². The molecule has 0 saturated heterocycles. The van der Waals surface area contributed by atoms with E-state index in [0.29, 0.717) is 0 Å². The Morgan fingerprint density at radius 2 is 1.78 bits per heavy atom. The summed E-state index contributed by atoms with van der Waals surface area (Å²) in [5.74, 6) is 0. The minimum Gasteiger partial charge on any atom is -0.349 e. The number of hydrogen-bond donors (Lipinski definition) is 1. The molecule has 18 heavy (non-hydrogen) atoms. The Hall–Kier alpha value is -1.09. The SMILES string of the molecule is CCCN(CCC)C(=S)Nc1cc(C)ccc1C. The molecule has 1 aromatic rings. The molecule has 2 nitrogen and oxygen atoms in total. The van der Waals surface area contributed by atoms with Crippen LogP contribution in [-0.4, -0.2) is 23.1 Å². The molecule has 3 heteroatoms. The van der Waals surface area contributed by atoms with Crippen LogP contribution in [0.1, 0.15) is 37.8 Å². The quantitative estimate of drug-likeness (QED) is 0.805. The normalized spacial score (nSPS) is 10.2. The second-order valence-electron chi connectivity index (χ2n) is 4.74. The first-order chi connectivity index (χ1) is 8.58. The minimum absolute atomic E-state index is 0.840. The van der Waals surface area contributed by atoms with Crippen LogP contribution in [0.4, 0.5) is 5.69 Å². The Labute approximate surface area is 116 Å². The van der Waals surface area contributed by atoms with Gasteiger partial charge in [-0.25, -0.2) is 0 Å². The summed E-state index contributed by atoms with van der Waals surface area (Å²) in [6.45, 7) is 10.6. The number of nitrogens with one attached hydrogen (secondary N) is 1. The highest BCUT2D eigenvalue weighted by molar-refractivity contribution is 7.80. The standard InChI is InChI=1S/C15H24N2S/c1-5-9-17(10-6-2)15(18)16-14-11-12(3)7-8-13(14)4/h7-8,11H,5-6,9-10H2,1-4H3,(H,16,18). The third kappa shape index (κ3) is 4.30. The van der Waals surface area contributed by atoms with Crippen LogP contribution in [0.5, 0.6) is 0 Å². The van der Waals surface area contributed by atoms with Gasteiger partial charge in [0.15, 0.2) is 5.11 Å². The molecule has 1 N–H and O–H groups in total. The highest BCUT2D eigenvalue weighted by atomic mass is 32.1. The topological polar surface area (TPSA) is 15.3 Å². The highest BCUT2D eigenvalue weighted by Crippen LogP contribution is 2.17. The molecule has 0 aromatic heterocycles. The van der Waals surface area contributed by atoms with Gasteiger partial charge < -0.3 is 10.2 Å². The number of rotatable bonds is 5. The summed E-state index contributed by atoms with van der Waals surface area (Å²) in [5, 5.41) is 4.22. The molecule has 0 radical (unpaired) electrons. The predicted molar refractivity (Wildman–Crippen MR) is 84.3 cm³/mol. The summed E-state index contributed by atoms with van der Waals surface area (Å²) < 4.78 is 0. The lowest BCUT2D eigenvalue weighted by atomic mass is 10.1. The number of nitrogens with zero attached hydrogens (tertiary/aromatic N) is 1. The zero-order valence-electron chi connectivity index (χ0n) is 11.9. The number of aryl methyl sites for hydroxylation is 2. The lowest BCUT2D eigenvalue weighted by Crippen LogP contribution is -2.36. The van der Waals surface area contributed by atoms with Gasteiger partial charge in [-0.15, -0.1) is 0 Å². The van der Waals surface area contributed by atoms with Crippen molar-refractivity contribution in [3.63, 3.8) is 0 Å². The van der Waals surface area contributed by atoms with Gasteiger partial charge in [0.05, 0.1) is 0 Å². The fourth-order valence-electron chi connectivity index (χ4n) is 1.92. The number of hydrogen-bond acceptors (Lipinski definition) is 1. The zero-order valence-corrected chi connectivity index (χ0v) is 12.7. The molecule has 100 valence electrons. The van der Waals surface area contributed by atoms with Crippen LogP contribution in [0.3, 0.4) is 0 Å². The third-order valence-electron chi connectivity index (χ3n) is 2.91. The van der Waals surface area contributed by atoms with Crippen LogP contribution in [0.2, 0.25) is 0 Å². The number of anilines is 1. The molecule has 0 unspecified atom stereocenters. The van der Waals surface area contributed by atoms with Crippen molar-refractivity contribution in [2.24, 2.45) is 0 Å². The molecule has 0 aliphatic rings. The van der Waals surface area contributed by atoms with Crippen LogP contribution in [0, 0.1) is 13.8 Å².